The average molecular weight is 287 g/mol. The van der Waals surface area contributed by atoms with E-state index in [2.05, 4.69) is 29.2 Å². The first-order chi connectivity index (χ1) is 10.3. The number of nitrogens with two attached hydrogens (primary N) is 1. The van der Waals surface area contributed by atoms with Crippen LogP contribution in [0.2, 0.25) is 0 Å². The molecule has 1 aliphatic heterocycles. The molecule has 0 bridgehead atoms. The van der Waals surface area contributed by atoms with Crippen molar-refractivity contribution in [1.82, 2.24) is 4.90 Å². The second-order valence-electron chi connectivity index (χ2n) is 6.20. The molecule has 4 nitrogen and oxygen atoms in total. The number of anilines is 1. The fourth-order valence-corrected chi connectivity index (χ4v) is 3.52. The average Bonchev–Trinajstić information content (AvgIpc) is 2.56. The van der Waals surface area contributed by atoms with Gasteiger partial charge in [-0.15, -0.1) is 0 Å². The van der Waals surface area contributed by atoms with E-state index in [0.717, 1.165) is 45.4 Å². The Kier molecular flexibility index (Phi) is 4.44. The van der Waals surface area contributed by atoms with Crippen LogP contribution in [0.15, 0.2) is 30.3 Å². The SMILES string of the molecule is NC1CCCCC1C(=O)N1CCN(c2ccccc2)CC1. The number of carbonyl (C=O) groups is 1. The molecule has 1 saturated carbocycles. The zero-order valence-corrected chi connectivity index (χ0v) is 12.6. The summed E-state index contributed by atoms with van der Waals surface area (Å²) < 4.78 is 0. The van der Waals surface area contributed by atoms with Crippen molar-refractivity contribution in [2.45, 2.75) is 31.7 Å². The maximum Gasteiger partial charge on any atom is 0.227 e. The monoisotopic (exact) mass is 287 g/mol. The Morgan fingerprint density at radius 3 is 2.33 bits per heavy atom. The quantitative estimate of drug-likeness (QED) is 0.903. The summed E-state index contributed by atoms with van der Waals surface area (Å²) in [7, 11) is 0. The zero-order chi connectivity index (χ0) is 14.7. The van der Waals surface area contributed by atoms with E-state index in [-0.39, 0.29) is 17.9 Å². The molecule has 0 spiro atoms. The number of piperazine rings is 1. The van der Waals surface area contributed by atoms with Gasteiger partial charge in [0.2, 0.25) is 5.91 Å². The molecular weight excluding hydrogens is 262 g/mol. The first-order valence-electron chi connectivity index (χ1n) is 8.10. The number of hydrogen-bond donors (Lipinski definition) is 1. The van der Waals surface area contributed by atoms with E-state index in [1.165, 1.54) is 12.1 Å². The van der Waals surface area contributed by atoms with Crippen LogP contribution in [0, 0.1) is 5.92 Å². The van der Waals surface area contributed by atoms with Gasteiger partial charge in [0.1, 0.15) is 0 Å². The second-order valence-corrected chi connectivity index (χ2v) is 6.20. The number of amides is 1. The lowest BCUT2D eigenvalue weighted by atomic mass is 9.84. The standard InChI is InChI=1S/C17H25N3O/c18-16-9-5-4-8-15(16)17(21)20-12-10-19(11-13-20)14-6-2-1-3-7-14/h1-3,6-7,15-16H,4-5,8-13,18H2. The number of hydrogen-bond acceptors (Lipinski definition) is 3. The molecule has 1 heterocycles. The topological polar surface area (TPSA) is 49.6 Å². The molecule has 0 radical (unpaired) electrons. The molecular formula is C17H25N3O. The van der Waals surface area contributed by atoms with Crippen molar-refractivity contribution in [1.29, 1.82) is 0 Å². The van der Waals surface area contributed by atoms with Crippen molar-refractivity contribution >= 4 is 11.6 Å². The molecule has 0 aromatic heterocycles. The summed E-state index contributed by atoms with van der Waals surface area (Å²) in [4.78, 5) is 17.0. The predicted octanol–water partition coefficient (Wildman–Crippen LogP) is 1.85. The second kappa shape index (κ2) is 6.48. The molecule has 1 amide bonds. The summed E-state index contributed by atoms with van der Waals surface area (Å²) >= 11 is 0. The minimum absolute atomic E-state index is 0.0574. The van der Waals surface area contributed by atoms with E-state index in [0.29, 0.717) is 0 Å². The highest BCUT2D eigenvalue weighted by atomic mass is 16.2. The van der Waals surface area contributed by atoms with Crippen LogP contribution >= 0.6 is 0 Å². The van der Waals surface area contributed by atoms with Crippen LogP contribution in [-0.2, 0) is 4.79 Å². The van der Waals surface area contributed by atoms with Crippen LogP contribution in [-0.4, -0.2) is 43.0 Å². The Bertz CT molecular complexity index is 468. The van der Waals surface area contributed by atoms with Crippen LogP contribution in [0.25, 0.3) is 0 Å². The third-order valence-corrected chi connectivity index (χ3v) is 4.85. The highest BCUT2D eigenvalue weighted by Gasteiger charge is 2.32. The van der Waals surface area contributed by atoms with E-state index in [4.69, 9.17) is 5.73 Å². The Hall–Kier alpha value is -1.55. The normalized spacial score (nSPS) is 26.7. The van der Waals surface area contributed by atoms with Gasteiger partial charge in [-0.1, -0.05) is 31.0 Å². The molecule has 2 N–H and O–H groups in total. The van der Waals surface area contributed by atoms with Gasteiger partial charge in [0.05, 0.1) is 5.92 Å². The van der Waals surface area contributed by atoms with Crippen LogP contribution in [0.4, 0.5) is 5.69 Å². The van der Waals surface area contributed by atoms with E-state index in [9.17, 15) is 4.79 Å². The fraction of sp³-hybridized carbons (Fsp3) is 0.588. The minimum atomic E-state index is 0.0574. The number of rotatable bonds is 2. The van der Waals surface area contributed by atoms with Crippen molar-refractivity contribution in [3.8, 4) is 0 Å². The Morgan fingerprint density at radius 1 is 1.00 bits per heavy atom. The van der Waals surface area contributed by atoms with Crippen molar-refractivity contribution in [3.05, 3.63) is 30.3 Å². The van der Waals surface area contributed by atoms with Crippen LogP contribution in [0.3, 0.4) is 0 Å². The summed E-state index contributed by atoms with van der Waals surface area (Å²) in [5.41, 5.74) is 7.40. The van der Waals surface area contributed by atoms with Crippen molar-refractivity contribution in [3.63, 3.8) is 0 Å². The van der Waals surface area contributed by atoms with Gasteiger partial charge in [-0.05, 0) is 25.0 Å². The molecule has 1 saturated heterocycles. The predicted molar refractivity (Wildman–Crippen MR) is 85.2 cm³/mol. The van der Waals surface area contributed by atoms with Crippen molar-refractivity contribution in [2.75, 3.05) is 31.1 Å². The largest absolute Gasteiger partial charge is 0.368 e. The Labute approximate surface area is 126 Å². The highest BCUT2D eigenvalue weighted by molar-refractivity contribution is 5.80. The molecule has 2 atom stereocenters. The summed E-state index contributed by atoms with van der Waals surface area (Å²) in [6.45, 7) is 3.46. The highest BCUT2D eigenvalue weighted by Crippen LogP contribution is 2.25. The summed E-state index contributed by atoms with van der Waals surface area (Å²) in [5, 5.41) is 0. The molecule has 2 fully saturated rings. The molecule has 1 aromatic carbocycles. The summed E-state index contributed by atoms with van der Waals surface area (Å²) in [6, 6.07) is 10.5. The Balaban J connectivity index is 1.57. The van der Waals surface area contributed by atoms with Gasteiger partial charge >= 0.3 is 0 Å². The third kappa shape index (κ3) is 3.21. The first-order valence-corrected chi connectivity index (χ1v) is 8.10. The van der Waals surface area contributed by atoms with Crippen LogP contribution in [0.5, 0.6) is 0 Å². The number of para-hydroxylation sites is 1. The molecule has 2 aliphatic rings. The van der Waals surface area contributed by atoms with Gasteiger partial charge in [0, 0.05) is 37.9 Å². The molecule has 2 unspecified atom stereocenters. The lowest BCUT2D eigenvalue weighted by molar-refractivity contribution is -0.137. The lowest BCUT2D eigenvalue weighted by Gasteiger charge is -2.39. The maximum atomic E-state index is 12.6. The Morgan fingerprint density at radius 2 is 1.67 bits per heavy atom. The minimum Gasteiger partial charge on any atom is -0.368 e. The molecule has 4 heteroatoms. The van der Waals surface area contributed by atoms with E-state index < -0.39 is 0 Å². The lowest BCUT2D eigenvalue weighted by Crippen LogP contribution is -2.53. The zero-order valence-electron chi connectivity index (χ0n) is 12.6. The van der Waals surface area contributed by atoms with Crippen LogP contribution < -0.4 is 10.6 Å². The molecule has 3 rings (SSSR count). The maximum absolute atomic E-state index is 12.6. The number of benzene rings is 1. The fourth-order valence-electron chi connectivity index (χ4n) is 3.52. The smallest absolute Gasteiger partial charge is 0.227 e. The van der Waals surface area contributed by atoms with E-state index >= 15 is 0 Å². The molecule has 114 valence electrons. The van der Waals surface area contributed by atoms with Gasteiger partial charge in [-0.2, -0.15) is 0 Å². The van der Waals surface area contributed by atoms with Gasteiger partial charge in [-0.3, -0.25) is 4.79 Å². The first kappa shape index (κ1) is 14.4. The van der Waals surface area contributed by atoms with Crippen molar-refractivity contribution in [2.24, 2.45) is 11.7 Å². The molecule has 1 aliphatic carbocycles. The van der Waals surface area contributed by atoms with Crippen molar-refractivity contribution < 1.29 is 4.79 Å². The summed E-state index contributed by atoms with van der Waals surface area (Å²) in [6.07, 6.45) is 4.29. The van der Waals surface area contributed by atoms with Crippen LogP contribution in [0.1, 0.15) is 25.7 Å². The van der Waals surface area contributed by atoms with Gasteiger partial charge in [0.25, 0.3) is 0 Å². The van der Waals surface area contributed by atoms with Gasteiger partial charge < -0.3 is 15.5 Å². The molecule has 1 aromatic rings. The molecule has 21 heavy (non-hydrogen) atoms. The number of carbonyl (C=O) groups excluding carboxylic acids is 1. The van der Waals surface area contributed by atoms with Gasteiger partial charge in [-0.25, -0.2) is 0 Å². The van der Waals surface area contributed by atoms with E-state index in [1.54, 1.807) is 0 Å². The van der Waals surface area contributed by atoms with Gasteiger partial charge in [0.15, 0.2) is 0 Å². The summed E-state index contributed by atoms with van der Waals surface area (Å²) in [5.74, 6) is 0.344. The third-order valence-electron chi connectivity index (χ3n) is 4.85. The number of nitrogens with zero attached hydrogens (tertiary/aromatic N) is 2. The van der Waals surface area contributed by atoms with E-state index in [1.807, 2.05) is 11.0 Å².